The fourth-order valence-electron chi connectivity index (χ4n) is 4.02. The van der Waals surface area contributed by atoms with Crippen molar-refractivity contribution in [2.75, 3.05) is 30.3 Å². The van der Waals surface area contributed by atoms with Crippen LogP contribution in [0.3, 0.4) is 0 Å². The SMILES string of the molecule is CCCSc1ncc(CN2CCc3c(nc(C(C)C)nc3N3CCCC3)C2)cn1. The maximum absolute atomic E-state index is 4.98. The molecule has 156 valence electrons. The quantitative estimate of drug-likeness (QED) is 0.502. The minimum absolute atomic E-state index is 0.346. The molecule has 2 aromatic rings. The van der Waals surface area contributed by atoms with E-state index in [4.69, 9.17) is 9.97 Å². The van der Waals surface area contributed by atoms with Crippen LogP contribution in [0, 0.1) is 0 Å². The third-order valence-electron chi connectivity index (χ3n) is 5.58. The van der Waals surface area contributed by atoms with Crippen LogP contribution in [0.25, 0.3) is 0 Å². The van der Waals surface area contributed by atoms with E-state index in [1.807, 2.05) is 12.4 Å². The van der Waals surface area contributed by atoms with Gasteiger partial charge in [0.15, 0.2) is 5.16 Å². The van der Waals surface area contributed by atoms with Gasteiger partial charge in [-0.2, -0.15) is 0 Å². The van der Waals surface area contributed by atoms with Gasteiger partial charge in [-0.25, -0.2) is 19.9 Å². The van der Waals surface area contributed by atoms with Gasteiger partial charge in [-0.3, -0.25) is 4.90 Å². The van der Waals surface area contributed by atoms with Gasteiger partial charge in [0, 0.05) is 67.9 Å². The van der Waals surface area contributed by atoms with Crippen LogP contribution in [-0.2, 0) is 19.5 Å². The van der Waals surface area contributed by atoms with Crippen LogP contribution in [0.1, 0.15) is 68.6 Å². The van der Waals surface area contributed by atoms with E-state index in [0.717, 1.165) is 62.3 Å². The largest absolute Gasteiger partial charge is 0.356 e. The lowest BCUT2D eigenvalue weighted by atomic mass is 10.0. The molecular weight excluding hydrogens is 380 g/mol. The lowest BCUT2D eigenvalue weighted by Gasteiger charge is -2.31. The van der Waals surface area contributed by atoms with E-state index in [0.29, 0.717) is 5.92 Å². The van der Waals surface area contributed by atoms with Crippen molar-refractivity contribution in [1.29, 1.82) is 0 Å². The molecular formula is C22H32N6S. The van der Waals surface area contributed by atoms with E-state index >= 15 is 0 Å². The molecule has 6 nitrogen and oxygen atoms in total. The molecule has 0 atom stereocenters. The van der Waals surface area contributed by atoms with E-state index in [1.54, 1.807) is 11.8 Å². The topological polar surface area (TPSA) is 58.0 Å². The van der Waals surface area contributed by atoms with Crippen molar-refractivity contribution in [3.05, 3.63) is 35.0 Å². The van der Waals surface area contributed by atoms with Crippen LogP contribution in [0.15, 0.2) is 17.6 Å². The van der Waals surface area contributed by atoms with Gasteiger partial charge in [-0.15, -0.1) is 0 Å². The lowest BCUT2D eigenvalue weighted by molar-refractivity contribution is 0.240. The van der Waals surface area contributed by atoms with Crippen LogP contribution in [0.5, 0.6) is 0 Å². The molecule has 0 aromatic carbocycles. The van der Waals surface area contributed by atoms with Crippen LogP contribution >= 0.6 is 11.8 Å². The van der Waals surface area contributed by atoms with Crippen molar-refractivity contribution >= 4 is 17.6 Å². The highest BCUT2D eigenvalue weighted by molar-refractivity contribution is 7.99. The van der Waals surface area contributed by atoms with Crippen molar-refractivity contribution in [3.63, 3.8) is 0 Å². The smallest absolute Gasteiger partial charge is 0.187 e. The first-order chi connectivity index (χ1) is 14.1. The van der Waals surface area contributed by atoms with Crippen molar-refractivity contribution in [2.24, 2.45) is 0 Å². The van der Waals surface area contributed by atoms with E-state index in [1.165, 1.54) is 35.5 Å². The zero-order valence-corrected chi connectivity index (χ0v) is 18.7. The second-order valence-electron chi connectivity index (χ2n) is 8.36. The maximum atomic E-state index is 4.98. The van der Waals surface area contributed by atoms with Gasteiger partial charge in [-0.05, 0) is 25.7 Å². The van der Waals surface area contributed by atoms with Gasteiger partial charge in [0.05, 0.1) is 5.69 Å². The van der Waals surface area contributed by atoms with Crippen molar-refractivity contribution in [3.8, 4) is 0 Å². The van der Waals surface area contributed by atoms with Gasteiger partial charge in [0.2, 0.25) is 0 Å². The summed E-state index contributed by atoms with van der Waals surface area (Å²) in [5, 5.41) is 0.879. The number of aromatic nitrogens is 4. The molecule has 0 saturated carbocycles. The number of hydrogen-bond donors (Lipinski definition) is 0. The summed E-state index contributed by atoms with van der Waals surface area (Å²) in [7, 11) is 0. The first-order valence-electron chi connectivity index (χ1n) is 10.9. The molecule has 29 heavy (non-hydrogen) atoms. The van der Waals surface area contributed by atoms with Crippen molar-refractivity contribution < 1.29 is 0 Å². The molecule has 0 bridgehead atoms. The molecule has 1 saturated heterocycles. The van der Waals surface area contributed by atoms with Gasteiger partial charge in [0.1, 0.15) is 11.6 Å². The minimum Gasteiger partial charge on any atom is -0.356 e. The monoisotopic (exact) mass is 412 g/mol. The number of rotatable bonds is 7. The number of anilines is 1. The molecule has 2 aliphatic heterocycles. The molecule has 0 amide bonds. The van der Waals surface area contributed by atoms with E-state index < -0.39 is 0 Å². The second-order valence-corrected chi connectivity index (χ2v) is 9.42. The maximum Gasteiger partial charge on any atom is 0.187 e. The molecule has 4 heterocycles. The summed E-state index contributed by atoms with van der Waals surface area (Å²) in [6, 6.07) is 0. The Hall–Kier alpha value is -1.73. The highest BCUT2D eigenvalue weighted by atomic mass is 32.2. The number of fused-ring (bicyclic) bond motifs is 1. The number of nitrogens with zero attached hydrogens (tertiary/aromatic N) is 6. The predicted molar refractivity (Wildman–Crippen MR) is 118 cm³/mol. The first-order valence-corrected chi connectivity index (χ1v) is 11.9. The fourth-order valence-corrected chi connectivity index (χ4v) is 4.66. The summed E-state index contributed by atoms with van der Waals surface area (Å²) < 4.78 is 0. The zero-order chi connectivity index (χ0) is 20.2. The number of hydrogen-bond acceptors (Lipinski definition) is 7. The van der Waals surface area contributed by atoms with Crippen LogP contribution in [0.2, 0.25) is 0 Å². The zero-order valence-electron chi connectivity index (χ0n) is 17.9. The summed E-state index contributed by atoms with van der Waals surface area (Å²) in [6.45, 7) is 11.6. The molecule has 0 N–H and O–H groups in total. The average molecular weight is 413 g/mol. The summed E-state index contributed by atoms with van der Waals surface area (Å²) >= 11 is 1.73. The first kappa shape index (κ1) is 20.5. The Morgan fingerprint density at radius 2 is 1.83 bits per heavy atom. The third kappa shape index (κ3) is 4.89. The molecule has 0 aliphatic carbocycles. The summed E-state index contributed by atoms with van der Waals surface area (Å²) in [4.78, 5) is 23.9. The Bertz CT molecular complexity index is 817. The van der Waals surface area contributed by atoms with E-state index in [2.05, 4.69) is 40.5 Å². The van der Waals surface area contributed by atoms with Crippen LogP contribution < -0.4 is 4.90 Å². The Kier molecular flexibility index (Phi) is 6.65. The van der Waals surface area contributed by atoms with Crippen LogP contribution in [-0.4, -0.2) is 50.2 Å². The Morgan fingerprint density at radius 1 is 1.07 bits per heavy atom. The summed E-state index contributed by atoms with van der Waals surface area (Å²) in [5.41, 5.74) is 3.76. The number of thioether (sulfide) groups is 1. The predicted octanol–water partition coefficient (Wildman–Crippen LogP) is 4.05. The molecule has 0 unspecified atom stereocenters. The third-order valence-corrected chi connectivity index (χ3v) is 6.67. The van der Waals surface area contributed by atoms with E-state index in [-0.39, 0.29) is 0 Å². The fraction of sp³-hybridized carbons (Fsp3) is 0.636. The Balaban J connectivity index is 1.50. The molecule has 0 radical (unpaired) electrons. The highest BCUT2D eigenvalue weighted by Crippen LogP contribution is 2.30. The van der Waals surface area contributed by atoms with Crippen molar-refractivity contribution in [2.45, 2.75) is 70.6 Å². The normalized spacial score (nSPS) is 17.2. The molecule has 2 aliphatic rings. The van der Waals surface area contributed by atoms with Gasteiger partial charge in [-0.1, -0.05) is 32.5 Å². The van der Waals surface area contributed by atoms with Gasteiger partial charge >= 0.3 is 0 Å². The summed E-state index contributed by atoms with van der Waals surface area (Å²) in [5.74, 6) is 3.60. The van der Waals surface area contributed by atoms with Gasteiger partial charge in [0.25, 0.3) is 0 Å². The second kappa shape index (κ2) is 9.39. The molecule has 4 rings (SSSR count). The van der Waals surface area contributed by atoms with E-state index in [9.17, 15) is 0 Å². The molecule has 2 aromatic heterocycles. The average Bonchev–Trinajstić information content (AvgIpc) is 3.27. The standard InChI is InChI=1S/C22H32N6S/c1-4-11-29-22-23-12-17(13-24-22)14-27-10-7-18-19(15-27)25-20(16(2)3)26-21(18)28-8-5-6-9-28/h12-13,16H,4-11,14-15H2,1-3H3. The molecule has 7 heteroatoms. The van der Waals surface area contributed by atoms with Crippen molar-refractivity contribution in [1.82, 2.24) is 24.8 Å². The Morgan fingerprint density at radius 3 is 2.52 bits per heavy atom. The molecule has 1 fully saturated rings. The summed E-state index contributed by atoms with van der Waals surface area (Å²) in [6.07, 6.45) is 8.67. The van der Waals surface area contributed by atoms with Crippen LogP contribution in [0.4, 0.5) is 5.82 Å². The lowest BCUT2D eigenvalue weighted by Crippen LogP contribution is -2.33. The Labute approximate surface area is 178 Å². The highest BCUT2D eigenvalue weighted by Gasteiger charge is 2.27. The molecule has 0 spiro atoms. The van der Waals surface area contributed by atoms with Gasteiger partial charge < -0.3 is 4.90 Å². The minimum atomic E-state index is 0.346.